The van der Waals surface area contributed by atoms with E-state index in [9.17, 15) is 27.1 Å². The molecule has 0 aliphatic carbocycles. The summed E-state index contributed by atoms with van der Waals surface area (Å²) in [7, 11) is 0. The van der Waals surface area contributed by atoms with Gasteiger partial charge in [-0.2, -0.15) is 0 Å². The topological polar surface area (TPSA) is 92.8 Å². The Morgan fingerprint density at radius 3 is 2.21 bits per heavy atom. The van der Waals surface area contributed by atoms with E-state index in [0.29, 0.717) is 31.7 Å². The Morgan fingerprint density at radius 1 is 1.00 bits per heavy atom. The zero-order valence-electron chi connectivity index (χ0n) is 15.3. The molecule has 1 aliphatic rings. The van der Waals surface area contributed by atoms with Gasteiger partial charge in [-0.25, -0.2) is 8.78 Å². The van der Waals surface area contributed by atoms with Crippen molar-refractivity contribution >= 4 is 28.8 Å². The Morgan fingerprint density at radius 2 is 1.62 bits per heavy atom. The molecule has 1 unspecified atom stereocenters. The Labute approximate surface area is 168 Å². The van der Waals surface area contributed by atoms with Crippen LogP contribution in [0.3, 0.4) is 0 Å². The summed E-state index contributed by atoms with van der Waals surface area (Å²) in [4.78, 5) is 28.1. The number of carbonyl (C=O) groups excluding carboxylic acids is 2. The smallest absolute Gasteiger partial charge is 0.254 e. The molecule has 10 heteroatoms. The minimum absolute atomic E-state index is 0.0934. The zero-order chi connectivity index (χ0) is 21.0. The lowest BCUT2D eigenvalue weighted by molar-refractivity contribution is -0.131. The van der Waals surface area contributed by atoms with Gasteiger partial charge in [0.05, 0.1) is 12.1 Å². The van der Waals surface area contributed by atoms with Crippen molar-refractivity contribution in [2.75, 3.05) is 30.9 Å². The average molecular weight is 422 g/mol. The van der Waals surface area contributed by atoms with Crippen molar-refractivity contribution in [1.29, 1.82) is 0 Å². The van der Waals surface area contributed by atoms with Gasteiger partial charge in [-0.15, -0.1) is 0 Å². The van der Waals surface area contributed by atoms with E-state index in [2.05, 4.69) is 0 Å². The van der Waals surface area contributed by atoms with Crippen LogP contribution in [0.2, 0.25) is 0 Å². The zero-order valence-corrected chi connectivity index (χ0v) is 16.1. The van der Waals surface area contributed by atoms with E-state index in [1.807, 2.05) is 4.72 Å². The van der Waals surface area contributed by atoms with E-state index in [1.54, 1.807) is 17.0 Å². The summed E-state index contributed by atoms with van der Waals surface area (Å²) >= 11 is -2.66. The fourth-order valence-electron chi connectivity index (χ4n) is 3.05. The predicted octanol–water partition coefficient (Wildman–Crippen LogP) is 1.70. The van der Waals surface area contributed by atoms with Crippen molar-refractivity contribution in [2.45, 2.75) is 6.42 Å². The lowest BCUT2D eigenvalue weighted by Crippen LogP contribution is -2.51. The summed E-state index contributed by atoms with van der Waals surface area (Å²) < 4.78 is 50.0. The average Bonchev–Trinajstić information content (AvgIpc) is 2.70. The summed E-state index contributed by atoms with van der Waals surface area (Å²) in [6, 6.07) is 9.21. The highest BCUT2D eigenvalue weighted by Crippen LogP contribution is 2.18. The molecule has 0 bridgehead atoms. The number of halogens is 2. The molecule has 1 heterocycles. The monoisotopic (exact) mass is 422 g/mol. The maximum Gasteiger partial charge on any atom is 0.254 e. The minimum Gasteiger partial charge on any atom is -0.755 e. The number of carbonyl (C=O) groups is 2. The maximum absolute atomic E-state index is 14.0. The van der Waals surface area contributed by atoms with Crippen LogP contribution in [0.25, 0.3) is 0 Å². The molecular weight excluding hydrogens is 404 g/mol. The van der Waals surface area contributed by atoms with E-state index >= 15 is 0 Å². The second-order valence-electron chi connectivity index (χ2n) is 6.51. The fraction of sp³-hybridized carbons (Fsp3) is 0.263. The van der Waals surface area contributed by atoms with Gasteiger partial charge in [0.1, 0.15) is 11.6 Å². The number of nitrogens with zero attached hydrogens (tertiary/aromatic N) is 2. The van der Waals surface area contributed by atoms with Crippen molar-refractivity contribution in [3.05, 3.63) is 65.2 Å². The molecule has 1 N–H and O–H groups in total. The molecule has 1 aliphatic heterocycles. The molecule has 0 spiro atoms. The van der Waals surface area contributed by atoms with E-state index in [-0.39, 0.29) is 29.4 Å². The number of amides is 2. The fourth-order valence-corrected chi connectivity index (χ4v) is 3.40. The van der Waals surface area contributed by atoms with Crippen LogP contribution in [-0.4, -0.2) is 56.6 Å². The van der Waals surface area contributed by atoms with E-state index in [1.165, 1.54) is 29.2 Å². The second kappa shape index (κ2) is 9.10. The highest BCUT2D eigenvalue weighted by atomic mass is 32.2. The Bertz CT molecular complexity index is 932. The summed E-state index contributed by atoms with van der Waals surface area (Å²) in [5.41, 5.74) is 0.556. The van der Waals surface area contributed by atoms with Crippen molar-refractivity contribution in [3.63, 3.8) is 0 Å². The molecule has 0 aromatic heterocycles. The number of hydrogen-bond donors (Lipinski definition) is 1. The number of nitrogens with one attached hydrogen (secondary N) is 1. The molecular formula is C19H18F2N3O4S-. The minimum atomic E-state index is -2.66. The summed E-state index contributed by atoms with van der Waals surface area (Å²) in [6.07, 6.45) is 0.148. The van der Waals surface area contributed by atoms with Crippen LogP contribution in [0.1, 0.15) is 15.9 Å². The molecule has 0 radical (unpaired) electrons. The van der Waals surface area contributed by atoms with Gasteiger partial charge in [0.25, 0.3) is 5.91 Å². The molecule has 7 nitrogen and oxygen atoms in total. The second-order valence-corrected chi connectivity index (χ2v) is 7.18. The van der Waals surface area contributed by atoms with Crippen LogP contribution in [0.4, 0.5) is 14.5 Å². The number of benzene rings is 2. The number of hydrogen-bond acceptors (Lipinski definition) is 4. The Kier molecular flexibility index (Phi) is 6.55. The van der Waals surface area contributed by atoms with Gasteiger partial charge < -0.3 is 19.1 Å². The first-order valence-electron chi connectivity index (χ1n) is 8.80. The van der Waals surface area contributed by atoms with E-state index < -0.39 is 23.0 Å². The third-order valence-electron chi connectivity index (χ3n) is 4.60. The van der Waals surface area contributed by atoms with Crippen LogP contribution in [0, 0.1) is 11.6 Å². The van der Waals surface area contributed by atoms with Gasteiger partial charge in [0.15, 0.2) is 0 Å². The lowest BCUT2D eigenvalue weighted by atomic mass is 10.1. The van der Waals surface area contributed by atoms with Crippen molar-refractivity contribution in [1.82, 2.24) is 9.80 Å². The number of piperazine rings is 1. The first kappa shape index (κ1) is 20.9. The number of anilines is 1. The van der Waals surface area contributed by atoms with Crippen LogP contribution >= 0.6 is 0 Å². The third-order valence-corrected chi connectivity index (χ3v) is 4.98. The van der Waals surface area contributed by atoms with Gasteiger partial charge in [-0.05, 0) is 35.9 Å². The molecule has 0 saturated carbocycles. The Hall–Kier alpha value is -2.85. The third kappa shape index (κ3) is 5.36. The van der Waals surface area contributed by atoms with E-state index in [0.717, 1.165) is 6.07 Å². The highest BCUT2D eigenvalue weighted by molar-refractivity contribution is 7.80. The maximum atomic E-state index is 14.0. The molecule has 29 heavy (non-hydrogen) atoms. The first-order chi connectivity index (χ1) is 13.8. The lowest BCUT2D eigenvalue weighted by Gasteiger charge is -2.35. The highest BCUT2D eigenvalue weighted by Gasteiger charge is 2.25. The first-order valence-corrected chi connectivity index (χ1v) is 9.88. The van der Waals surface area contributed by atoms with Crippen LogP contribution < -0.4 is 4.72 Å². The molecule has 1 atom stereocenters. The molecule has 154 valence electrons. The molecule has 2 aromatic carbocycles. The summed E-state index contributed by atoms with van der Waals surface area (Å²) in [5, 5.41) is 0. The molecule has 1 saturated heterocycles. The van der Waals surface area contributed by atoms with Crippen LogP contribution in [0.5, 0.6) is 0 Å². The van der Waals surface area contributed by atoms with E-state index in [4.69, 9.17) is 0 Å². The van der Waals surface area contributed by atoms with Gasteiger partial charge in [-0.1, -0.05) is 12.1 Å². The van der Waals surface area contributed by atoms with Gasteiger partial charge >= 0.3 is 0 Å². The molecule has 2 amide bonds. The molecule has 1 fully saturated rings. The van der Waals surface area contributed by atoms with Crippen molar-refractivity contribution in [3.8, 4) is 0 Å². The van der Waals surface area contributed by atoms with Gasteiger partial charge in [0, 0.05) is 43.0 Å². The number of rotatable bonds is 5. The van der Waals surface area contributed by atoms with Crippen LogP contribution in [-0.2, 0) is 22.5 Å². The summed E-state index contributed by atoms with van der Waals surface area (Å²) in [5.74, 6) is -1.73. The predicted molar refractivity (Wildman–Crippen MR) is 102 cm³/mol. The van der Waals surface area contributed by atoms with Gasteiger partial charge in [-0.3, -0.25) is 13.8 Å². The molecule has 2 aromatic rings. The largest absolute Gasteiger partial charge is 0.755 e. The van der Waals surface area contributed by atoms with Crippen LogP contribution in [0.15, 0.2) is 42.5 Å². The standard InChI is InChI=1S/C19H19F2N3O4S/c20-15-4-1-13(2-5-15)11-18(25)23-7-9-24(10-8-23)19(26)14-3-6-17(16(21)12-14)22-29(27)28/h1-6,12,22H,7-11H2,(H,27,28)/p-1. The van der Waals surface area contributed by atoms with Crippen molar-refractivity contribution < 1.29 is 27.1 Å². The Balaban J connectivity index is 1.56. The summed E-state index contributed by atoms with van der Waals surface area (Å²) in [6.45, 7) is 1.26. The normalized spacial score (nSPS) is 15.1. The SMILES string of the molecule is O=C(Cc1ccc(F)cc1)N1CCN(C(=O)c2ccc(NS(=O)[O-])c(F)c2)CC1. The van der Waals surface area contributed by atoms with Crippen molar-refractivity contribution in [2.24, 2.45) is 0 Å². The molecule has 3 rings (SSSR count). The quantitative estimate of drug-likeness (QED) is 0.743. The van der Waals surface area contributed by atoms with Gasteiger partial charge in [0.2, 0.25) is 5.91 Å².